The first-order chi connectivity index (χ1) is 13.3. The van der Waals surface area contributed by atoms with Crippen LogP contribution in [0.4, 0.5) is 8.78 Å². The SMILES string of the molecule is COc1ccc(Cn2cc(CC(=O)N3C[C@]4(F)CNC(=O)[C@]4(F)C3)cn2)cc1. The van der Waals surface area contributed by atoms with E-state index in [1.54, 1.807) is 24.2 Å². The van der Waals surface area contributed by atoms with E-state index < -0.39 is 42.8 Å². The number of aromatic nitrogens is 2. The van der Waals surface area contributed by atoms with Gasteiger partial charge < -0.3 is 15.0 Å². The summed E-state index contributed by atoms with van der Waals surface area (Å²) in [5.41, 5.74) is -3.38. The minimum Gasteiger partial charge on any atom is -0.497 e. The maximum atomic E-state index is 14.7. The highest BCUT2D eigenvalue weighted by atomic mass is 19.2. The van der Waals surface area contributed by atoms with E-state index in [9.17, 15) is 18.4 Å². The van der Waals surface area contributed by atoms with E-state index in [0.29, 0.717) is 12.1 Å². The lowest BCUT2D eigenvalue weighted by atomic mass is 9.93. The van der Waals surface area contributed by atoms with Crippen LogP contribution in [0.5, 0.6) is 5.75 Å². The van der Waals surface area contributed by atoms with Crippen molar-refractivity contribution in [1.82, 2.24) is 20.0 Å². The van der Waals surface area contributed by atoms with Crippen LogP contribution in [0, 0.1) is 0 Å². The summed E-state index contributed by atoms with van der Waals surface area (Å²) in [5, 5.41) is 6.43. The minimum absolute atomic E-state index is 0.0314. The molecule has 0 aliphatic carbocycles. The van der Waals surface area contributed by atoms with Gasteiger partial charge in [-0.3, -0.25) is 14.3 Å². The van der Waals surface area contributed by atoms with Gasteiger partial charge in [-0.25, -0.2) is 8.78 Å². The summed E-state index contributed by atoms with van der Waals surface area (Å²) >= 11 is 0. The molecule has 0 unspecified atom stereocenters. The third kappa shape index (κ3) is 3.00. The average molecular weight is 390 g/mol. The lowest BCUT2D eigenvalue weighted by Gasteiger charge is -2.19. The average Bonchev–Trinajstić information content (AvgIpc) is 3.29. The fourth-order valence-corrected chi connectivity index (χ4v) is 3.69. The molecule has 9 heteroatoms. The van der Waals surface area contributed by atoms with Crippen LogP contribution in [0.15, 0.2) is 36.7 Å². The highest BCUT2D eigenvalue weighted by Crippen LogP contribution is 2.42. The molecule has 0 radical (unpaired) electrons. The van der Waals surface area contributed by atoms with Crippen LogP contribution in [0.25, 0.3) is 0 Å². The number of ether oxygens (including phenoxy) is 1. The number of nitrogens with one attached hydrogen (secondary N) is 1. The van der Waals surface area contributed by atoms with Gasteiger partial charge in [0.25, 0.3) is 5.91 Å². The molecule has 2 fully saturated rings. The number of methoxy groups -OCH3 is 1. The summed E-state index contributed by atoms with van der Waals surface area (Å²) < 4.78 is 36.2. The molecule has 2 amide bonds. The third-order valence-corrected chi connectivity index (χ3v) is 5.35. The Morgan fingerprint density at radius 3 is 2.68 bits per heavy atom. The van der Waals surface area contributed by atoms with Crippen LogP contribution in [0.2, 0.25) is 0 Å². The fourth-order valence-electron chi connectivity index (χ4n) is 3.69. The molecule has 1 N–H and O–H groups in total. The fraction of sp³-hybridized carbons (Fsp3) is 0.421. The van der Waals surface area contributed by atoms with E-state index in [4.69, 9.17) is 4.74 Å². The molecule has 3 heterocycles. The van der Waals surface area contributed by atoms with Crippen molar-refractivity contribution in [3.05, 3.63) is 47.8 Å². The predicted octanol–water partition coefficient (Wildman–Crippen LogP) is 0.871. The number of carbonyl (C=O) groups is 2. The topological polar surface area (TPSA) is 76.5 Å². The van der Waals surface area contributed by atoms with E-state index in [1.165, 1.54) is 0 Å². The number of fused-ring (bicyclic) bond motifs is 1. The molecule has 0 saturated carbocycles. The zero-order chi connectivity index (χ0) is 19.9. The van der Waals surface area contributed by atoms with Crippen molar-refractivity contribution in [3.63, 3.8) is 0 Å². The molecule has 0 spiro atoms. The van der Waals surface area contributed by atoms with E-state index in [1.807, 2.05) is 24.3 Å². The monoisotopic (exact) mass is 390 g/mol. The first-order valence-corrected chi connectivity index (χ1v) is 8.91. The summed E-state index contributed by atoms with van der Waals surface area (Å²) in [4.78, 5) is 25.2. The Morgan fingerprint density at radius 1 is 1.25 bits per heavy atom. The summed E-state index contributed by atoms with van der Waals surface area (Å²) in [5.74, 6) is -0.659. The first kappa shape index (κ1) is 18.4. The Bertz CT molecular complexity index is 916. The van der Waals surface area contributed by atoms with Gasteiger partial charge in [-0.05, 0) is 23.3 Å². The molecule has 28 heavy (non-hydrogen) atoms. The molecule has 2 aliphatic heterocycles. The Hall–Kier alpha value is -2.97. The van der Waals surface area contributed by atoms with Crippen LogP contribution >= 0.6 is 0 Å². The van der Waals surface area contributed by atoms with Crippen molar-refractivity contribution in [2.24, 2.45) is 0 Å². The van der Waals surface area contributed by atoms with E-state index in [0.717, 1.165) is 16.2 Å². The Balaban J connectivity index is 1.39. The van der Waals surface area contributed by atoms with Gasteiger partial charge in [-0.15, -0.1) is 0 Å². The number of nitrogens with zero attached hydrogens (tertiary/aromatic N) is 3. The second-order valence-corrected chi connectivity index (χ2v) is 7.27. The molecule has 1 aromatic heterocycles. The van der Waals surface area contributed by atoms with E-state index in [-0.39, 0.29) is 6.42 Å². The normalized spacial score (nSPS) is 26.2. The van der Waals surface area contributed by atoms with Crippen LogP contribution in [0.1, 0.15) is 11.1 Å². The molecule has 2 aromatic rings. The number of hydrogen-bond acceptors (Lipinski definition) is 4. The van der Waals surface area contributed by atoms with Gasteiger partial charge >= 0.3 is 0 Å². The molecule has 4 rings (SSSR count). The first-order valence-electron chi connectivity index (χ1n) is 8.91. The number of alkyl halides is 2. The van der Waals surface area contributed by atoms with Gasteiger partial charge in [0.15, 0.2) is 5.67 Å². The number of hydrogen-bond donors (Lipinski definition) is 1. The van der Waals surface area contributed by atoms with Gasteiger partial charge in [0.1, 0.15) is 5.75 Å². The van der Waals surface area contributed by atoms with Gasteiger partial charge in [0.05, 0.1) is 45.9 Å². The molecule has 2 aliphatic rings. The molecule has 2 atom stereocenters. The Morgan fingerprint density at radius 2 is 2.00 bits per heavy atom. The Labute approximate surface area is 160 Å². The van der Waals surface area contributed by atoms with Gasteiger partial charge in [0.2, 0.25) is 11.6 Å². The number of halogens is 2. The van der Waals surface area contributed by atoms with E-state index in [2.05, 4.69) is 10.4 Å². The third-order valence-electron chi connectivity index (χ3n) is 5.35. The smallest absolute Gasteiger partial charge is 0.263 e. The maximum absolute atomic E-state index is 14.7. The number of amides is 2. The standard InChI is InChI=1S/C19H20F2N4O3/c1-28-15-4-2-13(3-5-15)8-25-9-14(7-23-25)6-16(26)24-11-18(20)10-22-17(27)19(18,21)12-24/h2-5,7,9H,6,8,10-12H2,1H3,(H,22,27)/t18-,19-/m1/s1. The van der Waals surface area contributed by atoms with Crippen molar-refractivity contribution in [2.75, 3.05) is 26.7 Å². The number of carbonyl (C=O) groups excluding carboxylic acids is 2. The lowest BCUT2D eigenvalue weighted by molar-refractivity contribution is -0.133. The highest BCUT2D eigenvalue weighted by molar-refractivity contribution is 5.92. The lowest BCUT2D eigenvalue weighted by Crippen LogP contribution is -2.47. The second-order valence-electron chi connectivity index (χ2n) is 7.27. The molecular formula is C19H20F2N4O3. The molecule has 1 aromatic carbocycles. The van der Waals surface area contributed by atoms with Crippen LogP contribution in [-0.4, -0.2) is 64.6 Å². The van der Waals surface area contributed by atoms with Crippen molar-refractivity contribution >= 4 is 11.8 Å². The van der Waals surface area contributed by atoms with Gasteiger partial charge in [-0.1, -0.05) is 12.1 Å². The summed E-state index contributed by atoms with van der Waals surface area (Å²) in [6, 6.07) is 7.54. The highest BCUT2D eigenvalue weighted by Gasteiger charge is 2.69. The summed E-state index contributed by atoms with van der Waals surface area (Å²) in [7, 11) is 1.60. The zero-order valence-electron chi connectivity index (χ0n) is 15.3. The quantitative estimate of drug-likeness (QED) is 0.822. The van der Waals surface area contributed by atoms with Crippen molar-refractivity contribution in [3.8, 4) is 5.75 Å². The van der Waals surface area contributed by atoms with Gasteiger partial charge in [0, 0.05) is 6.20 Å². The van der Waals surface area contributed by atoms with Crippen LogP contribution < -0.4 is 10.1 Å². The van der Waals surface area contributed by atoms with Crippen molar-refractivity contribution in [1.29, 1.82) is 0 Å². The van der Waals surface area contributed by atoms with Crippen LogP contribution in [0.3, 0.4) is 0 Å². The molecule has 7 nitrogen and oxygen atoms in total. The number of rotatable bonds is 5. The number of benzene rings is 1. The second kappa shape index (κ2) is 6.57. The summed E-state index contributed by atoms with van der Waals surface area (Å²) in [6.45, 7) is -0.885. The van der Waals surface area contributed by atoms with Crippen molar-refractivity contribution < 1.29 is 23.1 Å². The van der Waals surface area contributed by atoms with E-state index >= 15 is 0 Å². The van der Waals surface area contributed by atoms with Crippen molar-refractivity contribution in [2.45, 2.75) is 24.3 Å². The van der Waals surface area contributed by atoms with Crippen LogP contribution in [-0.2, 0) is 22.6 Å². The predicted molar refractivity (Wildman–Crippen MR) is 95.3 cm³/mol. The summed E-state index contributed by atoms with van der Waals surface area (Å²) in [6.07, 6.45) is 3.25. The minimum atomic E-state index is -2.67. The molecule has 0 bridgehead atoms. The van der Waals surface area contributed by atoms with Gasteiger partial charge in [-0.2, -0.15) is 5.10 Å². The number of likely N-dealkylation sites (tertiary alicyclic amines) is 1. The molecular weight excluding hydrogens is 370 g/mol. The molecule has 2 saturated heterocycles. The largest absolute Gasteiger partial charge is 0.497 e. The zero-order valence-corrected chi connectivity index (χ0v) is 15.3. The molecule has 148 valence electrons. The Kier molecular flexibility index (Phi) is 4.32. The maximum Gasteiger partial charge on any atom is 0.263 e.